The van der Waals surface area contributed by atoms with Crippen LogP contribution >= 0.6 is 0 Å². The number of nitrogens with zero attached hydrogens (tertiary/aromatic N) is 1. The number of benzene rings is 2. The molecule has 3 aromatic rings. The molecule has 1 aliphatic carbocycles. The van der Waals surface area contributed by atoms with Crippen LogP contribution in [-0.2, 0) is 22.6 Å². The molecular weight excluding hydrogens is 460 g/mol. The highest BCUT2D eigenvalue weighted by molar-refractivity contribution is 6.04. The summed E-state index contributed by atoms with van der Waals surface area (Å²) in [4.78, 5) is 42.8. The Labute approximate surface area is 209 Å². The van der Waals surface area contributed by atoms with Crippen molar-refractivity contribution < 1.29 is 23.9 Å². The maximum atomic E-state index is 12.9. The number of hydrogen-bond acceptors (Lipinski definition) is 5. The molecule has 188 valence electrons. The fourth-order valence-corrected chi connectivity index (χ4v) is 5.19. The Morgan fingerprint density at radius 3 is 2.72 bits per heavy atom. The summed E-state index contributed by atoms with van der Waals surface area (Å²) in [6.07, 6.45) is 3.24. The van der Waals surface area contributed by atoms with Gasteiger partial charge in [0.2, 0.25) is 5.91 Å². The molecule has 4 amide bonds. The molecule has 36 heavy (non-hydrogen) atoms. The molecule has 1 aromatic heterocycles. The number of urea groups is 1. The lowest BCUT2D eigenvalue weighted by molar-refractivity contribution is -0.128. The number of methoxy groups -OCH3 is 2. The van der Waals surface area contributed by atoms with Crippen LogP contribution in [0.2, 0.25) is 0 Å². The van der Waals surface area contributed by atoms with Crippen molar-refractivity contribution in [3.8, 4) is 11.5 Å². The number of H-pyrrole nitrogens is 1. The Morgan fingerprint density at radius 2 is 1.92 bits per heavy atom. The van der Waals surface area contributed by atoms with E-state index in [0.717, 1.165) is 36.0 Å². The maximum absolute atomic E-state index is 12.9. The molecule has 1 aliphatic heterocycles. The van der Waals surface area contributed by atoms with Gasteiger partial charge in [-0.3, -0.25) is 14.5 Å². The number of para-hydroxylation sites is 1. The Morgan fingerprint density at radius 1 is 1.11 bits per heavy atom. The number of aromatic nitrogens is 1. The van der Waals surface area contributed by atoms with E-state index >= 15 is 0 Å². The minimum Gasteiger partial charge on any atom is -0.493 e. The van der Waals surface area contributed by atoms with Crippen molar-refractivity contribution in [3.63, 3.8) is 0 Å². The summed E-state index contributed by atoms with van der Waals surface area (Å²) >= 11 is 0. The van der Waals surface area contributed by atoms with Crippen LogP contribution in [0.25, 0.3) is 10.9 Å². The van der Waals surface area contributed by atoms with Gasteiger partial charge in [0.15, 0.2) is 11.5 Å². The lowest BCUT2D eigenvalue weighted by Crippen LogP contribution is -2.34. The molecule has 9 nitrogen and oxygen atoms in total. The van der Waals surface area contributed by atoms with Gasteiger partial charge in [-0.05, 0) is 55.0 Å². The van der Waals surface area contributed by atoms with E-state index in [9.17, 15) is 14.4 Å². The Balaban J connectivity index is 1.19. The highest BCUT2D eigenvalue weighted by atomic mass is 16.5. The zero-order chi connectivity index (χ0) is 25.2. The molecule has 0 radical (unpaired) electrons. The predicted octanol–water partition coefficient (Wildman–Crippen LogP) is 3.58. The summed E-state index contributed by atoms with van der Waals surface area (Å²) in [5.41, 5.74) is 4.16. The third-order valence-corrected chi connectivity index (χ3v) is 7.01. The number of aryl methyl sites for hydroxylation is 1. The SMILES string of the molecule is COc1ccc(CN2C(=O)NC(CCC(=O)NC3CCCc4c3[nH]c3ccccc43)C2=O)cc1OC. The van der Waals surface area contributed by atoms with Gasteiger partial charge in [0, 0.05) is 23.0 Å². The summed E-state index contributed by atoms with van der Waals surface area (Å²) in [7, 11) is 3.08. The average molecular weight is 491 g/mol. The van der Waals surface area contributed by atoms with Crippen LogP contribution < -0.4 is 20.1 Å². The van der Waals surface area contributed by atoms with Gasteiger partial charge in [-0.25, -0.2) is 4.79 Å². The number of imide groups is 1. The average Bonchev–Trinajstić information content (AvgIpc) is 3.40. The number of carbonyl (C=O) groups excluding carboxylic acids is 3. The van der Waals surface area contributed by atoms with Gasteiger partial charge in [0.1, 0.15) is 6.04 Å². The number of aromatic amines is 1. The highest BCUT2D eigenvalue weighted by Crippen LogP contribution is 2.34. The summed E-state index contributed by atoms with van der Waals surface area (Å²) in [5, 5.41) is 7.05. The number of ether oxygens (including phenoxy) is 2. The van der Waals surface area contributed by atoms with E-state index in [1.807, 2.05) is 12.1 Å². The van der Waals surface area contributed by atoms with Crippen LogP contribution in [0, 0.1) is 0 Å². The largest absolute Gasteiger partial charge is 0.493 e. The normalized spacial score (nSPS) is 19.2. The smallest absolute Gasteiger partial charge is 0.325 e. The topological polar surface area (TPSA) is 113 Å². The molecular formula is C27H30N4O5. The molecule has 0 saturated carbocycles. The first-order valence-corrected chi connectivity index (χ1v) is 12.2. The third kappa shape index (κ3) is 4.48. The van der Waals surface area contributed by atoms with Crippen LogP contribution in [0.5, 0.6) is 11.5 Å². The van der Waals surface area contributed by atoms with Gasteiger partial charge < -0.3 is 25.1 Å². The molecule has 2 aromatic carbocycles. The lowest BCUT2D eigenvalue weighted by Gasteiger charge is -2.24. The molecule has 1 saturated heterocycles. The zero-order valence-electron chi connectivity index (χ0n) is 20.4. The Bertz CT molecular complexity index is 1320. The second-order valence-corrected chi connectivity index (χ2v) is 9.23. The van der Waals surface area contributed by atoms with Crippen molar-refractivity contribution in [2.45, 2.75) is 50.7 Å². The minimum absolute atomic E-state index is 0.0796. The van der Waals surface area contributed by atoms with Crippen LogP contribution in [-0.4, -0.2) is 48.0 Å². The molecule has 2 aliphatic rings. The quantitative estimate of drug-likeness (QED) is 0.418. The lowest BCUT2D eigenvalue weighted by atomic mass is 9.91. The van der Waals surface area contributed by atoms with Crippen LogP contribution in [0.1, 0.15) is 48.5 Å². The van der Waals surface area contributed by atoms with Crippen molar-refractivity contribution in [3.05, 3.63) is 59.3 Å². The second-order valence-electron chi connectivity index (χ2n) is 9.23. The molecule has 1 fully saturated rings. The summed E-state index contributed by atoms with van der Waals surface area (Å²) in [6, 6.07) is 12.2. The molecule has 9 heteroatoms. The van der Waals surface area contributed by atoms with Crippen molar-refractivity contribution in [2.75, 3.05) is 14.2 Å². The van der Waals surface area contributed by atoms with E-state index in [0.29, 0.717) is 11.5 Å². The minimum atomic E-state index is -0.724. The van der Waals surface area contributed by atoms with E-state index in [1.54, 1.807) is 25.3 Å². The van der Waals surface area contributed by atoms with Crippen molar-refractivity contribution in [1.29, 1.82) is 0 Å². The standard InChI is InChI=1S/C27H30N4O5/c1-35-22-12-10-16(14-23(22)36-2)15-31-26(33)21(30-27(31)34)11-13-24(32)28-20-9-5-7-18-17-6-3-4-8-19(17)29-25(18)20/h3-4,6,8,10,12,14,20-21,29H,5,7,9,11,13,15H2,1-2H3,(H,28,32)(H,30,34). The maximum Gasteiger partial charge on any atom is 0.325 e. The molecule has 3 N–H and O–H groups in total. The van der Waals surface area contributed by atoms with E-state index in [2.05, 4.69) is 27.8 Å². The van der Waals surface area contributed by atoms with Crippen molar-refractivity contribution in [2.24, 2.45) is 0 Å². The molecule has 2 atom stereocenters. The van der Waals surface area contributed by atoms with E-state index in [-0.39, 0.29) is 37.2 Å². The van der Waals surface area contributed by atoms with Gasteiger partial charge >= 0.3 is 6.03 Å². The number of amides is 4. The Kier molecular flexibility index (Phi) is 6.54. The number of nitrogens with one attached hydrogen (secondary N) is 3. The number of rotatable bonds is 8. The van der Waals surface area contributed by atoms with Gasteiger partial charge in [-0.15, -0.1) is 0 Å². The first kappa shape index (κ1) is 23.7. The molecule has 0 bridgehead atoms. The third-order valence-electron chi connectivity index (χ3n) is 7.01. The molecule has 2 heterocycles. The number of hydrogen-bond donors (Lipinski definition) is 3. The summed E-state index contributed by atoms with van der Waals surface area (Å²) in [6.45, 7) is 0.110. The summed E-state index contributed by atoms with van der Waals surface area (Å²) < 4.78 is 10.5. The fourth-order valence-electron chi connectivity index (χ4n) is 5.19. The van der Waals surface area contributed by atoms with Gasteiger partial charge in [0.05, 0.1) is 26.8 Å². The fraction of sp³-hybridized carbons (Fsp3) is 0.370. The van der Waals surface area contributed by atoms with Gasteiger partial charge in [0.25, 0.3) is 5.91 Å². The van der Waals surface area contributed by atoms with Crippen LogP contribution in [0.4, 0.5) is 4.79 Å². The van der Waals surface area contributed by atoms with E-state index in [1.165, 1.54) is 23.0 Å². The first-order chi connectivity index (χ1) is 17.5. The second kappa shape index (κ2) is 9.93. The molecule has 5 rings (SSSR count). The van der Waals surface area contributed by atoms with Gasteiger partial charge in [-0.1, -0.05) is 24.3 Å². The van der Waals surface area contributed by atoms with Crippen LogP contribution in [0.3, 0.4) is 0 Å². The van der Waals surface area contributed by atoms with E-state index < -0.39 is 12.1 Å². The first-order valence-electron chi connectivity index (χ1n) is 12.2. The number of fused-ring (bicyclic) bond motifs is 3. The van der Waals surface area contributed by atoms with Gasteiger partial charge in [-0.2, -0.15) is 0 Å². The highest BCUT2D eigenvalue weighted by Gasteiger charge is 2.38. The Hall–Kier alpha value is -4.01. The van der Waals surface area contributed by atoms with Crippen molar-refractivity contribution >= 4 is 28.7 Å². The monoisotopic (exact) mass is 490 g/mol. The van der Waals surface area contributed by atoms with Crippen molar-refractivity contribution in [1.82, 2.24) is 20.5 Å². The van der Waals surface area contributed by atoms with E-state index in [4.69, 9.17) is 9.47 Å². The predicted molar refractivity (Wildman–Crippen MR) is 134 cm³/mol. The molecule has 2 unspecified atom stereocenters. The zero-order valence-corrected chi connectivity index (χ0v) is 20.4. The summed E-state index contributed by atoms with van der Waals surface area (Å²) in [5.74, 6) is 0.626. The number of carbonyl (C=O) groups is 3. The van der Waals surface area contributed by atoms with Crippen LogP contribution in [0.15, 0.2) is 42.5 Å². The molecule has 0 spiro atoms.